The molecule has 12 heavy (non-hydrogen) atoms. The van der Waals surface area contributed by atoms with Crippen LogP contribution < -0.4 is 0 Å². The normalized spacial score (nSPS) is 10.2. The zero-order valence-corrected chi connectivity index (χ0v) is 9.94. The molecular weight excluding hydrogens is 282 g/mol. The third kappa shape index (κ3) is 3.68. The molecule has 1 aromatic heterocycles. The summed E-state index contributed by atoms with van der Waals surface area (Å²) in [6.45, 7) is 0. The van der Waals surface area contributed by atoms with Crippen molar-refractivity contribution in [3.8, 4) is 0 Å². The SMILES string of the molecule is BrCCCCc1cncc(Br)c1. The number of halogens is 2. The molecule has 0 radical (unpaired) electrons. The minimum absolute atomic E-state index is 1.07. The highest BCUT2D eigenvalue weighted by molar-refractivity contribution is 9.10. The standard InChI is InChI=1S/C9H11Br2N/c10-4-2-1-3-8-5-9(11)7-12-6-8/h5-7H,1-4H2. The van der Waals surface area contributed by atoms with Crippen LogP contribution >= 0.6 is 31.9 Å². The lowest BCUT2D eigenvalue weighted by atomic mass is 10.1. The number of aromatic nitrogens is 1. The van der Waals surface area contributed by atoms with Crippen LogP contribution in [0.25, 0.3) is 0 Å². The van der Waals surface area contributed by atoms with E-state index in [-0.39, 0.29) is 0 Å². The summed E-state index contributed by atoms with van der Waals surface area (Å²) >= 11 is 6.81. The van der Waals surface area contributed by atoms with E-state index in [2.05, 4.69) is 42.9 Å². The Hall–Kier alpha value is 0.110. The summed E-state index contributed by atoms with van der Waals surface area (Å²) in [6, 6.07) is 2.13. The Bertz CT molecular complexity index is 238. The van der Waals surface area contributed by atoms with Gasteiger partial charge in [-0.1, -0.05) is 15.9 Å². The fourth-order valence-corrected chi connectivity index (χ4v) is 1.82. The highest BCUT2D eigenvalue weighted by Crippen LogP contribution is 2.11. The van der Waals surface area contributed by atoms with Gasteiger partial charge >= 0.3 is 0 Å². The van der Waals surface area contributed by atoms with Gasteiger partial charge in [-0.25, -0.2) is 0 Å². The fraction of sp³-hybridized carbons (Fsp3) is 0.444. The van der Waals surface area contributed by atoms with Crippen LogP contribution in [0.1, 0.15) is 18.4 Å². The molecule has 0 aliphatic carbocycles. The molecule has 0 amide bonds. The highest BCUT2D eigenvalue weighted by atomic mass is 79.9. The van der Waals surface area contributed by atoms with Gasteiger partial charge in [0, 0.05) is 22.2 Å². The van der Waals surface area contributed by atoms with E-state index < -0.39 is 0 Å². The molecule has 1 nitrogen and oxygen atoms in total. The van der Waals surface area contributed by atoms with Crippen LogP contribution in [0.15, 0.2) is 22.9 Å². The van der Waals surface area contributed by atoms with Gasteiger partial charge < -0.3 is 0 Å². The van der Waals surface area contributed by atoms with E-state index in [0.717, 1.165) is 16.2 Å². The average molecular weight is 293 g/mol. The monoisotopic (exact) mass is 291 g/mol. The maximum atomic E-state index is 4.10. The maximum Gasteiger partial charge on any atom is 0.0410 e. The van der Waals surface area contributed by atoms with Crippen LogP contribution in [0.4, 0.5) is 0 Å². The number of unbranched alkanes of at least 4 members (excludes halogenated alkanes) is 1. The van der Waals surface area contributed by atoms with Gasteiger partial charge in [0.1, 0.15) is 0 Å². The van der Waals surface area contributed by atoms with Gasteiger partial charge in [0.05, 0.1) is 0 Å². The lowest BCUT2D eigenvalue weighted by molar-refractivity contribution is 0.802. The van der Waals surface area contributed by atoms with Gasteiger partial charge in [0.15, 0.2) is 0 Å². The Morgan fingerprint density at radius 1 is 1.25 bits per heavy atom. The lowest BCUT2D eigenvalue weighted by Crippen LogP contribution is -1.87. The fourth-order valence-electron chi connectivity index (χ4n) is 1.02. The Balaban J connectivity index is 2.41. The van der Waals surface area contributed by atoms with Crippen molar-refractivity contribution in [2.75, 3.05) is 5.33 Å². The van der Waals surface area contributed by atoms with Gasteiger partial charge in [0.25, 0.3) is 0 Å². The minimum atomic E-state index is 1.07. The van der Waals surface area contributed by atoms with Crippen molar-refractivity contribution >= 4 is 31.9 Å². The summed E-state index contributed by atoms with van der Waals surface area (Å²) < 4.78 is 1.07. The molecule has 1 aromatic rings. The second-order valence-corrected chi connectivity index (χ2v) is 4.37. The van der Waals surface area contributed by atoms with Gasteiger partial charge in [-0.2, -0.15) is 0 Å². The molecule has 0 bridgehead atoms. The van der Waals surface area contributed by atoms with Crippen molar-refractivity contribution in [3.63, 3.8) is 0 Å². The molecular formula is C9H11Br2N. The van der Waals surface area contributed by atoms with Crippen LogP contribution in [0.3, 0.4) is 0 Å². The number of aryl methyl sites for hydroxylation is 1. The third-order valence-corrected chi connectivity index (χ3v) is 2.60. The topological polar surface area (TPSA) is 12.9 Å². The lowest BCUT2D eigenvalue weighted by Gasteiger charge is -1.99. The summed E-state index contributed by atoms with van der Waals surface area (Å²) in [7, 11) is 0. The molecule has 0 aliphatic heterocycles. The van der Waals surface area contributed by atoms with Crippen LogP contribution in [0.2, 0.25) is 0 Å². The van der Waals surface area contributed by atoms with E-state index in [0.29, 0.717) is 0 Å². The van der Waals surface area contributed by atoms with E-state index in [1.165, 1.54) is 18.4 Å². The largest absolute Gasteiger partial charge is 0.263 e. The van der Waals surface area contributed by atoms with Gasteiger partial charge in [-0.05, 0) is 46.8 Å². The Labute approximate surface area is 89.8 Å². The van der Waals surface area contributed by atoms with Crippen LogP contribution in [0, 0.1) is 0 Å². The molecule has 0 unspecified atom stereocenters. The Kier molecular flexibility index (Phi) is 4.84. The first-order valence-electron chi connectivity index (χ1n) is 3.98. The first-order valence-corrected chi connectivity index (χ1v) is 5.90. The maximum absolute atomic E-state index is 4.10. The zero-order chi connectivity index (χ0) is 8.81. The number of hydrogen-bond acceptors (Lipinski definition) is 1. The van der Waals surface area contributed by atoms with E-state index in [1.807, 2.05) is 12.4 Å². The van der Waals surface area contributed by atoms with Crippen molar-refractivity contribution in [1.82, 2.24) is 4.98 Å². The molecule has 1 heterocycles. The molecule has 0 aromatic carbocycles. The molecule has 1 rings (SSSR count). The molecule has 0 spiro atoms. The van der Waals surface area contributed by atoms with Gasteiger partial charge in [-0.3, -0.25) is 4.98 Å². The van der Waals surface area contributed by atoms with E-state index in [9.17, 15) is 0 Å². The second kappa shape index (κ2) is 5.70. The number of nitrogens with zero attached hydrogens (tertiary/aromatic N) is 1. The first kappa shape index (κ1) is 10.2. The predicted molar refractivity (Wildman–Crippen MR) is 58.7 cm³/mol. The summed E-state index contributed by atoms with van der Waals surface area (Å²) in [6.07, 6.45) is 7.32. The summed E-state index contributed by atoms with van der Waals surface area (Å²) in [5.41, 5.74) is 1.31. The Morgan fingerprint density at radius 3 is 2.75 bits per heavy atom. The molecule has 0 saturated heterocycles. The van der Waals surface area contributed by atoms with Crippen molar-refractivity contribution in [2.24, 2.45) is 0 Å². The average Bonchev–Trinajstić information content (AvgIpc) is 2.05. The molecule has 3 heteroatoms. The molecule has 0 N–H and O–H groups in total. The van der Waals surface area contributed by atoms with Crippen LogP contribution in [0.5, 0.6) is 0 Å². The van der Waals surface area contributed by atoms with Crippen molar-refractivity contribution in [1.29, 1.82) is 0 Å². The van der Waals surface area contributed by atoms with E-state index >= 15 is 0 Å². The van der Waals surface area contributed by atoms with Crippen LogP contribution in [-0.4, -0.2) is 10.3 Å². The zero-order valence-electron chi connectivity index (χ0n) is 6.76. The third-order valence-electron chi connectivity index (χ3n) is 1.61. The minimum Gasteiger partial charge on any atom is -0.263 e. The van der Waals surface area contributed by atoms with Crippen molar-refractivity contribution in [2.45, 2.75) is 19.3 Å². The second-order valence-electron chi connectivity index (χ2n) is 2.66. The summed E-state index contributed by atoms with van der Waals surface area (Å²) in [5, 5.41) is 1.09. The van der Waals surface area contributed by atoms with Crippen molar-refractivity contribution < 1.29 is 0 Å². The van der Waals surface area contributed by atoms with Gasteiger partial charge in [-0.15, -0.1) is 0 Å². The number of alkyl halides is 1. The predicted octanol–water partition coefficient (Wildman–Crippen LogP) is 3.56. The van der Waals surface area contributed by atoms with E-state index in [4.69, 9.17) is 0 Å². The van der Waals surface area contributed by atoms with Crippen molar-refractivity contribution in [3.05, 3.63) is 28.5 Å². The van der Waals surface area contributed by atoms with E-state index in [1.54, 1.807) is 0 Å². The molecule has 0 fully saturated rings. The smallest absolute Gasteiger partial charge is 0.0410 e. The molecule has 0 atom stereocenters. The molecule has 66 valence electrons. The van der Waals surface area contributed by atoms with Crippen LogP contribution in [-0.2, 0) is 6.42 Å². The summed E-state index contributed by atoms with van der Waals surface area (Å²) in [5.74, 6) is 0. The Morgan fingerprint density at radius 2 is 2.08 bits per heavy atom. The highest BCUT2D eigenvalue weighted by Gasteiger charge is 1.94. The van der Waals surface area contributed by atoms with Gasteiger partial charge in [0.2, 0.25) is 0 Å². The molecule has 0 aliphatic rings. The number of hydrogen-bond donors (Lipinski definition) is 0. The summed E-state index contributed by atoms with van der Waals surface area (Å²) in [4.78, 5) is 4.10. The molecule has 0 saturated carbocycles. The first-order chi connectivity index (χ1) is 5.83. The quantitative estimate of drug-likeness (QED) is 0.611. The number of rotatable bonds is 4. The number of pyridine rings is 1.